The number of carboxylic acids is 1. The first-order valence-electron chi connectivity index (χ1n) is 5.02. The zero-order valence-corrected chi connectivity index (χ0v) is 10.3. The van der Waals surface area contributed by atoms with Crippen molar-refractivity contribution in [3.05, 3.63) is 0 Å². The number of amides is 1. The Morgan fingerprint density at radius 1 is 1.33 bits per heavy atom. The van der Waals surface area contributed by atoms with Crippen LogP contribution in [0.5, 0.6) is 0 Å². The lowest BCUT2D eigenvalue weighted by molar-refractivity contribution is -0.141. The summed E-state index contributed by atoms with van der Waals surface area (Å²) in [6.45, 7) is 5.49. The number of rotatable bonds is 6. The summed E-state index contributed by atoms with van der Waals surface area (Å²) in [5.74, 6) is -0.626. The highest BCUT2D eigenvalue weighted by Crippen LogP contribution is 2.13. The van der Waals surface area contributed by atoms with Crippen LogP contribution in [0.25, 0.3) is 0 Å². The molecule has 0 spiro atoms. The van der Waals surface area contributed by atoms with E-state index in [0.717, 1.165) is 6.42 Å². The number of carboxylic acid groups (broad SMARTS) is 1. The Morgan fingerprint density at radius 3 is 2.20 bits per heavy atom. The van der Waals surface area contributed by atoms with Crippen LogP contribution in [0, 0.1) is 11.8 Å². The van der Waals surface area contributed by atoms with Crippen LogP contribution < -0.4 is 5.32 Å². The van der Waals surface area contributed by atoms with E-state index in [4.69, 9.17) is 5.11 Å². The van der Waals surface area contributed by atoms with Crippen LogP contribution in [0.2, 0.25) is 0 Å². The van der Waals surface area contributed by atoms with Crippen LogP contribution in [0.15, 0.2) is 0 Å². The molecular weight excluding hydrogens is 214 g/mol. The van der Waals surface area contributed by atoms with Crippen LogP contribution in [0.1, 0.15) is 27.2 Å². The van der Waals surface area contributed by atoms with Crippen LogP contribution in [0.4, 0.5) is 0 Å². The number of nitrogens with one attached hydrogen (secondary N) is 1. The molecule has 0 aromatic carbocycles. The molecule has 0 radical (unpaired) electrons. The number of carbonyl (C=O) groups is 2. The highest BCUT2D eigenvalue weighted by molar-refractivity contribution is 7.80. The third-order valence-electron chi connectivity index (χ3n) is 2.08. The van der Waals surface area contributed by atoms with Gasteiger partial charge in [0.25, 0.3) is 0 Å². The monoisotopic (exact) mass is 233 g/mol. The topological polar surface area (TPSA) is 66.4 Å². The minimum atomic E-state index is -1.02. The highest BCUT2D eigenvalue weighted by Gasteiger charge is 2.21. The first-order chi connectivity index (χ1) is 6.88. The largest absolute Gasteiger partial charge is 0.480 e. The molecule has 1 amide bonds. The zero-order valence-electron chi connectivity index (χ0n) is 9.36. The number of hydrogen-bond donors (Lipinski definition) is 3. The minimum absolute atomic E-state index is 0.213. The molecule has 0 aromatic rings. The van der Waals surface area contributed by atoms with Crippen molar-refractivity contribution in [1.29, 1.82) is 0 Å². The van der Waals surface area contributed by atoms with E-state index in [1.807, 2.05) is 13.8 Å². The molecule has 4 nitrogen and oxygen atoms in total. The molecule has 0 saturated heterocycles. The molecule has 0 aromatic heterocycles. The van der Waals surface area contributed by atoms with E-state index in [1.54, 1.807) is 0 Å². The van der Waals surface area contributed by atoms with Crippen molar-refractivity contribution < 1.29 is 14.7 Å². The van der Waals surface area contributed by atoms with E-state index in [0.29, 0.717) is 11.7 Å². The quantitative estimate of drug-likeness (QED) is 0.603. The number of thiol groups is 1. The molecule has 0 saturated carbocycles. The molecule has 88 valence electrons. The van der Waals surface area contributed by atoms with Gasteiger partial charge in [-0.15, -0.1) is 0 Å². The third kappa shape index (κ3) is 5.67. The van der Waals surface area contributed by atoms with E-state index in [9.17, 15) is 9.59 Å². The summed E-state index contributed by atoms with van der Waals surface area (Å²) in [4.78, 5) is 22.1. The molecule has 0 aliphatic carbocycles. The lowest BCUT2D eigenvalue weighted by atomic mass is 9.98. The maximum Gasteiger partial charge on any atom is 0.325 e. The second-order valence-electron chi connectivity index (χ2n) is 4.08. The second-order valence-corrected chi connectivity index (χ2v) is 4.44. The van der Waals surface area contributed by atoms with Crippen molar-refractivity contribution in [2.75, 3.05) is 5.75 Å². The fourth-order valence-corrected chi connectivity index (χ4v) is 1.54. The van der Waals surface area contributed by atoms with Gasteiger partial charge in [-0.25, -0.2) is 0 Å². The summed E-state index contributed by atoms with van der Waals surface area (Å²) in [7, 11) is 0. The normalized spacial score (nSPS) is 14.7. The summed E-state index contributed by atoms with van der Waals surface area (Å²) in [5.41, 5.74) is 0. The van der Waals surface area contributed by atoms with Crippen molar-refractivity contribution in [1.82, 2.24) is 5.32 Å². The molecule has 2 unspecified atom stereocenters. The molecule has 0 aliphatic rings. The predicted octanol–water partition coefficient (Wildman–Crippen LogP) is 1.17. The zero-order chi connectivity index (χ0) is 12.0. The first kappa shape index (κ1) is 14.3. The fourth-order valence-electron chi connectivity index (χ4n) is 1.23. The minimum Gasteiger partial charge on any atom is -0.480 e. The van der Waals surface area contributed by atoms with Crippen molar-refractivity contribution >= 4 is 24.5 Å². The molecule has 0 aliphatic heterocycles. The van der Waals surface area contributed by atoms with E-state index >= 15 is 0 Å². The van der Waals surface area contributed by atoms with E-state index in [1.165, 1.54) is 6.92 Å². The summed E-state index contributed by atoms with van der Waals surface area (Å²) in [6, 6.07) is -0.841. The van der Waals surface area contributed by atoms with E-state index < -0.39 is 12.0 Å². The molecule has 0 bridgehead atoms. The Bertz CT molecular complexity index is 231. The molecule has 0 heterocycles. The predicted molar refractivity (Wildman–Crippen MR) is 62.0 cm³/mol. The first-order valence-corrected chi connectivity index (χ1v) is 5.65. The van der Waals surface area contributed by atoms with Crippen molar-refractivity contribution in [2.45, 2.75) is 33.2 Å². The van der Waals surface area contributed by atoms with Crippen molar-refractivity contribution in [3.8, 4) is 0 Å². The molecular formula is C10H19NO3S. The Kier molecular flexibility index (Phi) is 6.40. The smallest absolute Gasteiger partial charge is 0.325 e. The highest BCUT2D eigenvalue weighted by atomic mass is 32.1. The average molecular weight is 233 g/mol. The summed E-state index contributed by atoms with van der Waals surface area (Å²) < 4.78 is 0. The van der Waals surface area contributed by atoms with E-state index in [2.05, 4.69) is 17.9 Å². The SMILES string of the molecule is CC(C)CC(CS)C(=O)NC(C)C(=O)O. The Hall–Kier alpha value is -0.710. The second kappa shape index (κ2) is 6.71. The number of hydrogen-bond acceptors (Lipinski definition) is 3. The molecule has 2 atom stereocenters. The van der Waals surface area contributed by atoms with Crippen LogP contribution in [-0.4, -0.2) is 28.8 Å². The lowest BCUT2D eigenvalue weighted by Crippen LogP contribution is -2.42. The Morgan fingerprint density at radius 2 is 1.87 bits per heavy atom. The van der Waals surface area contributed by atoms with Gasteiger partial charge in [0.15, 0.2) is 0 Å². The third-order valence-corrected chi connectivity index (χ3v) is 2.52. The van der Waals surface area contributed by atoms with Gasteiger partial charge in [0.2, 0.25) is 5.91 Å². The fraction of sp³-hybridized carbons (Fsp3) is 0.800. The molecule has 0 rings (SSSR count). The average Bonchev–Trinajstić information content (AvgIpc) is 2.13. The van der Waals surface area contributed by atoms with Gasteiger partial charge in [-0.3, -0.25) is 9.59 Å². The standard InChI is InChI=1S/C10H19NO3S/c1-6(2)4-8(5-15)9(12)11-7(3)10(13)14/h6-8,15H,4-5H2,1-3H3,(H,11,12)(H,13,14). The van der Waals surface area contributed by atoms with Crippen molar-refractivity contribution in [2.24, 2.45) is 11.8 Å². The number of aliphatic carboxylic acids is 1. The van der Waals surface area contributed by atoms with Crippen LogP contribution in [0.3, 0.4) is 0 Å². The Labute approximate surface area is 95.8 Å². The molecule has 0 fully saturated rings. The van der Waals surface area contributed by atoms with Crippen LogP contribution in [-0.2, 0) is 9.59 Å². The molecule has 15 heavy (non-hydrogen) atoms. The van der Waals surface area contributed by atoms with Gasteiger partial charge in [0, 0.05) is 11.7 Å². The Balaban J connectivity index is 4.21. The van der Waals surface area contributed by atoms with Gasteiger partial charge in [-0.1, -0.05) is 13.8 Å². The van der Waals surface area contributed by atoms with Gasteiger partial charge in [0.1, 0.15) is 6.04 Å². The molecule has 5 heteroatoms. The van der Waals surface area contributed by atoms with Gasteiger partial charge >= 0.3 is 5.97 Å². The van der Waals surface area contributed by atoms with Gasteiger partial charge in [0.05, 0.1) is 0 Å². The van der Waals surface area contributed by atoms with Gasteiger partial charge in [-0.05, 0) is 19.3 Å². The summed E-state index contributed by atoms with van der Waals surface area (Å²) in [6.07, 6.45) is 0.724. The lowest BCUT2D eigenvalue weighted by Gasteiger charge is -2.18. The molecule has 2 N–H and O–H groups in total. The van der Waals surface area contributed by atoms with Gasteiger partial charge in [-0.2, -0.15) is 12.6 Å². The van der Waals surface area contributed by atoms with Crippen molar-refractivity contribution in [3.63, 3.8) is 0 Å². The van der Waals surface area contributed by atoms with E-state index in [-0.39, 0.29) is 11.8 Å². The summed E-state index contributed by atoms with van der Waals surface area (Å²) in [5, 5.41) is 11.1. The van der Waals surface area contributed by atoms with Crippen LogP contribution >= 0.6 is 12.6 Å². The number of carbonyl (C=O) groups excluding carboxylic acids is 1. The summed E-state index contributed by atoms with van der Waals surface area (Å²) >= 11 is 4.10. The van der Waals surface area contributed by atoms with Gasteiger partial charge < -0.3 is 10.4 Å². The maximum atomic E-state index is 11.6. The maximum absolute atomic E-state index is 11.6.